The van der Waals surface area contributed by atoms with Crippen LogP contribution in [0.2, 0.25) is 0 Å². The normalized spacial score (nSPS) is 24.8. The molecule has 1 aromatic rings. The van der Waals surface area contributed by atoms with E-state index in [9.17, 15) is 4.79 Å². The third kappa shape index (κ3) is 3.40. The van der Waals surface area contributed by atoms with E-state index in [2.05, 4.69) is 4.90 Å². The molecular weight excluding hydrogens is 272 g/mol. The summed E-state index contributed by atoms with van der Waals surface area (Å²) < 4.78 is 5.45. The number of nitrogens with zero attached hydrogens (tertiary/aromatic N) is 2. The van der Waals surface area contributed by atoms with Crippen molar-refractivity contribution in [2.24, 2.45) is 5.92 Å². The fourth-order valence-electron chi connectivity index (χ4n) is 3.02. The lowest BCUT2D eigenvalue weighted by Gasteiger charge is -2.23. The van der Waals surface area contributed by atoms with Crippen molar-refractivity contribution in [3.63, 3.8) is 0 Å². The molecule has 2 fully saturated rings. The second-order valence-corrected chi connectivity index (χ2v) is 6.47. The van der Waals surface area contributed by atoms with Crippen molar-refractivity contribution < 1.29 is 9.53 Å². The highest BCUT2D eigenvalue weighted by Crippen LogP contribution is 2.16. The Balaban J connectivity index is 1.52. The van der Waals surface area contributed by atoms with E-state index in [0.717, 1.165) is 57.9 Å². The summed E-state index contributed by atoms with van der Waals surface area (Å²) >= 11 is 1.59. The number of hydrogen-bond donors (Lipinski definition) is 0. The number of amides is 1. The Hall–Kier alpha value is -0.910. The predicted molar refractivity (Wildman–Crippen MR) is 80.2 cm³/mol. The molecule has 20 heavy (non-hydrogen) atoms. The Kier molecular flexibility index (Phi) is 4.70. The largest absolute Gasteiger partial charge is 0.381 e. The van der Waals surface area contributed by atoms with Gasteiger partial charge in [-0.05, 0) is 36.8 Å². The third-order valence-corrected chi connectivity index (χ3v) is 4.87. The van der Waals surface area contributed by atoms with Gasteiger partial charge in [0.25, 0.3) is 5.91 Å². The summed E-state index contributed by atoms with van der Waals surface area (Å²) in [6.07, 6.45) is 2.26. The first kappa shape index (κ1) is 14.0. The van der Waals surface area contributed by atoms with Crippen LogP contribution in [-0.4, -0.2) is 61.6 Å². The van der Waals surface area contributed by atoms with E-state index in [1.54, 1.807) is 11.3 Å². The van der Waals surface area contributed by atoms with Crippen molar-refractivity contribution in [3.05, 3.63) is 22.4 Å². The zero-order valence-corrected chi connectivity index (χ0v) is 12.6. The quantitative estimate of drug-likeness (QED) is 0.854. The predicted octanol–water partition coefficient (Wildman–Crippen LogP) is 1.93. The highest BCUT2D eigenvalue weighted by Gasteiger charge is 2.23. The molecule has 2 aliphatic heterocycles. The van der Waals surface area contributed by atoms with E-state index in [1.807, 2.05) is 21.7 Å². The minimum atomic E-state index is 0.192. The summed E-state index contributed by atoms with van der Waals surface area (Å²) in [6.45, 7) is 6.78. The first-order valence-corrected chi connectivity index (χ1v) is 8.39. The minimum absolute atomic E-state index is 0.192. The molecule has 0 N–H and O–H groups in total. The van der Waals surface area contributed by atoms with E-state index < -0.39 is 0 Å². The van der Waals surface area contributed by atoms with E-state index in [-0.39, 0.29) is 5.91 Å². The molecule has 2 aliphatic rings. The molecule has 0 aromatic carbocycles. The Bertz CT molecular complexity index is 429. The van der Waals surface area contributed by atoms with Gasteiger partial charge in [-0.25, -0.2) is 0 Å². The van der Waals surface area contributed by atoms with Crippen molar-refractivity contribution in [2.45, 2.75) is 12.8 Å². The lowest BCUT2D eigenvalue weighted by Crippen LogP contribution is -2.36. The van der Waals surface area contributed by atoms with Crippen LogP contribution in [0, 0.1) is 5.92 Å². The van der Waals surface area contributed by atoms with Gasteiger partial charge in [-0.2, -0.15) is 11.3 Å². The minimum Gasteiger partial charge on any atom is -0.381 e. The Morgan fingerprint density at radius 2 is 2.30 bits per heavy atom. The maximum atomic E-state index is 12.4. The molecule has 1 aromatic heterocycles. The maximum absolute atomic E-state index is 12.4. The first-order chi connectivity index (χ1) is 9.83. The molecule has 0 saturated carbocycles. The van der Waals surface area contributed by atoms with Crippen molar-refractivity contribution in [3.8, 4) is 0 Å². The molecule has 3 heterocycles. The molecular formula is C15H22N2O2S. The second-order valence-electron chi connectivity index (χ2n) is 5.69. The van der Waals surface area contributed by atoms with Crippen molar-refractivity contribution in [1.82, 2.24) is 9.80 Å². The van der Waals surface area contributed by atoms with Crippen LogP contribution in [0.25, 0.3) is 0 Å². The van der Waals surface area contributed by atoms with Gasteiger partial charge >= 0.3 is 0 Å². The van der Waals surface area contributed by atoms with Crippen LogP contribution < -0.4 is 0 Å². The number of thiophene rings is 1. The Morgan fingerprint density at radius 1 is 1.35 bits per heavy atom. The summed E-state index contributed by atoms with van der Waals surface area (Å²) in [6, 6.07) is 1.92. The Morgan fingerprint density at radius 3 is 3.05 bits per heavy atom. The zero-order valence-electron chi connectivity index (χ0n) is 11.8. The highest BCUT2D eigenvalue weighted by molar-refractivity contribution is 7.08. The molecule has 4 nitrogen and oxygen atoms in total. The molecule has 5 heteroatoms. The van der Waals surface area contributed by atoms with Gasteiger partial charge in [0.1, 0.15) is 0 Å². The van der Waals surface area contributed by atoms with Crippen LogP contribution >= 0.6 is 11.3 Å². The van der Waals surface area contributed by atoms with Gasteiger partial charge in [0.2, 0.25) is 0 Å². The van der Waals surface area contributed by atoms with E-state index in [0.29, 0.717) is 5.92 Å². The van der Waals surface area contributed by atoms with Gasteiger partial charge in [0.05, 0.1) is 12.2 Å². The SMILES string of the molecule is O=C(c1ccsc1)N1CCCN(C[C@@H]2CCOC2)CC1. The molecule has 0 radical (unpaired) electrons. The van der Waals surface area contributed by atoms with Gasteiger partial charge in [0, 0.05) is 38.2 Å². The first-order valence-electron chi connectivity index (χ1n) is 7.44. The van der Waals surface area contributed by atoms with Crippen LogP contribution in [0.5, 0.6) is 0 Å². The fraction of sp³-hybridized carbons (Fsp3) is 0.667. The molecule has 1 amide bonds. The number of hydrogen-bond acceptors (Lipinski definition) is 4. The Labute approximate surface area is 124 Å². The smallest absolute Gasteiger partial charge is 0.254 e. The van der Waals surface area contributed by atoms with Gasteiger partial charge in [0.15, 0.2) is 0 Å². The topological polar surface area (TPSA) is 32.8 Å². The monoisotopic (exact) mass is 294 g/mol. The molecule has 0 spiro atoms. The van der Waals surface area contributed by atoms with Gasteiger partial charge in [-0.3, -0.25) is 4.79 Å². The molecule has 2 saturated heterocycles. The molecule has 0 unspecified atom stereocenters. The number of carbonyl (C=O) groups excluding carboxylic acids is 1. The molecule has 110 valence electrons. The third-order valence-electron chi connectivity index (χ3n) is 4.18. The van der Waals surface area contributed by atoms with Gasteiger partial charge in [-0.1, -0.05) is 0 Å². The number of carbonyl (C=O) groups is 1. The van der Waals surface area contributed by atoms with Crippen molar-refractivity contribution >= 4 is 17.2 Å². The van der Waals surface area contributed by atoms with Crippen LogP contribution in [0.1, 0.15) is 23.2 Å². The number of rotatable bonds is 3. The van der Waals surface area contributed by atoms with Crippen LogP contribution in [0.15, 0.2) is 16.8 Å². The lowest BCUT2D eigenvalue weighted by molar-refractivity contribution is 0.0760. The van der Waals surface area contributed by atoms with Crippen LogP contribution in [0.3, 0.4) is 0 Å². The van der Waals surface area contributed by atoms with E-state index >= 15 is 0 Å². The van der Waals surface area contributed by atoms with E-state index in [1.165, 1.54) is 6.42 Å². The molecule has 0 aliphatic carbocycles. The standard InChI is InChI=1S/C15H22N2O2S/c18-15(14-3-9-20-12-14)17-5-1-4-16(6-7-17)10-13-2-8-19-11-13/h3,9,12-13H,1-2,4-8,10-11H2/t13-/m0/s1. The summed E-state index contributed by atoms with van der Waals surface area (Å²) in [7, 11) is 0. The summed E-state index contributed by atoms with van der Waals surface area (Å²) in [5.74, 6) is 0.881. The summed E-state index contributed by atoms with van der Waals surface area (Å²) in [4.78, 5) is 16.9. The molecule has 1 atom stereocenters. The van der Waals surface area contributed by atoms with E-state index in [4.69, 9.17) is 4.74 Å². The molecule has 0 bridgehead atoms. The highest BCUT2D eigenvalue weighted by atomic mass is 32.1. The van der Waals surface area contributed by atoms with Gasteiger partial charge < -0.3 is 14.5 Å². The average Bonchev–Trinajstić information content (AvgIpc) is 3.10. The maximum Gasteiger partial charge on any atom is 0.254 e. The van der Waals surface area contributed by atoms with Crippen molar-refractivity contribution in [2.75, 3.05) is 45.9 Å². The molecule has 3 rings (SSSR count). The number of ether oxygens (including phenoxy) is 1. The van der Waals surface area contributed by atoms with Crippen molar-refractivity contribution in [1.29, 1.82) is 0 Å². The van der Waals surface area contributed by atoms with Crippen LogP contribution in [0.4, 0.5) is 0 Å². The second kappa shape index (κ2) is 6.70. The van der Waals surface area contributed by atoms with Crippen LogP contribution in [-0.2, 0) is 4.74 Å². The summed E-state index contributed by atoms with van der Waals surface area (Å²) in [5.41, 5.74) is 0.840. The average molecular weight is 294 g/mol. The zero-order chi connectivity index (χ0) is 13.8. The fourth-order valence-corrected chi connectivity index (χ4v) is 3.65. The lowest BCUT2D eigenvalue weighted by atomic mass is 10.1. The summed E-state index contributed by atoms with van der Waals surface area (Å²) in [5, 5.41) is 3.91. The van der Waals surface area contributed by atoms with Gasteiger partial charge in [-0.15, -0.1) is 0 Å².